The molecule has 5 aromatic rings. The quantitative estimate of drug-likeness (QED) is 0.190. The Morgan fingerprint density at radius 3 is 2.64 bits per heavy atom. The Morgan fingerprint density at radius 1 is 1.00 bits per heavy atom. The van der Waals surface area contributed by atoms with Gasteiger partial charge in [-0.3, -0.25) is 9.59 Å². The van der Waals surface area contributed by atoms with E-state index in [1.165, 1.54) is 17.4 Å². The molecular formula is C27H22N2O6S. The number of carbonyl (C=O) groups is 2. The van der Waals surface area contributed by atoms with Crippen LogP contribution in [0.5, 0.6) is 5.75 Å². The summed E-state index contributed by atoms with van der Waals surface area (Å²) in [6.07, 6.45) is 0. The third-order valence-corrected chi connectivity index (χ3v) is 6.67. The summed E-state index contributed by atoms with van der Waals surface area (Å²) in [4.78, 5) is 42.7. The molecule has 9 heteroatoms. The van der Waals surface area contributed by atoms with Crippen molar-refractivity contribution in [2.24, 2.45) is 4.99 Å². The van der Waals surface area contributed by atoms with Crippen molar-refractivity contribution in [2.75, 3.05) is 13.2 Å². The van der Waals surface area contributed by atoms with E-state index < -0.39 is 17.5 Å². The topological polar surface area (TPSA) is 100 Å². The van der Waals surface area contributed by atoms with Gasteiger partial charge >= 0.3 is 11.6 Å². The highest BCUT2D eigenvalue weighted by Crippen LogP contribution is 2.26. The smallest absolute Gasteiger partial charge is 0.349 e. The monoisotopic (exact) mass is 502 g/mol. The number of carbonyl (C=O) groups excluding carboxylic acids is 2. The minimum Gasteiger partial charge on any atom is -0.494 e. The Bertz CT molecular complexity index is 1760. The van der Waals surface area contributed by atoms with Crippen LogP contribution in [0, 0.1) is 0 Å². The molecule has 8 nitrogen and oxygen atoms in total. The highest BCUT2D eigenvalue weighted by atomic mass is 32.1. The van der Waals surface area contributed by atoms with E-state index in [1.54, 1.807) is 29.7 Å². The average Bonchev–Trinajstić information content (AvgIpc) is 3.19. The van der Waals surface area contributed by atoms with Crippen LogP contribution in [0.25, 0.3) is 32.0 Å². The van der Waals surface area contributed by atoms with E-state index in [1.807, 2.05) is 43.3 Å². The maximum absolute atomic E-state index is 13.3. The van der Waals surface area contributed by atoms with Crippen molar-refractivity contribution in [2.45, 2.75) is 20.4 Å². The molecule has 3 aromatic carbocycles. The van der Waals surface area contributed by atoms with E-state index in [0.717, 1.165) is 15.5 Å². The lowest BCUT2D eigenvalue weighted by Gasteiger charge is -2.06. The van der Waals surface area contributed by atoms with Crippen molar-refractivity contribution < 1.29 is 23.5 Å². The van der Waals surface area contributed by atoms with Crippen molar-refractivity contribution in [1.29, 1.82) is 0 Å². The second-order valence-electron chi connectivity index (χ2n) is 7.90. The highest BCUT2D eigenvalue weighted by molar-refractivity contribution is 7.16. The first-order valence-corrected chi connectivity index (χ1v) is 12.3. The largest absolute Gasteiger partial charge is 0.494 e. The van der Waals surface area contributed by atoms with E-state index in [0.29, 0.717) is 28.8 Å². The number of amides is 1. The molecule has 0 radical (unpaired) electrons. The molecule has 0 aliphatic carbocycles. The molecule has 0 aliphatic rings. The molecular weight excluding hydrogens is 480 g/mol. The molecule has 36 heavy (non-hydrogen) atoms. The lowest BCUT2D eigenvalue weighted by atomic mass is 10.0. The molecule has 0 N–H and O–H groups in total. The molecule has 2 aromatic heterocycles. The van der Waals surface area contributed by atoms with Gasteiger partial charge in [0.1, 0.15) is 23.4 Å². The Hall–Kier alpha value is -4.24. The number of fused-ring (bicyclic) bond motifs is 4. The third-order valence-electron chi connectivity index (χ3n) is 5.63. The molecule has 182 valence electrons. The normalized spacial score (nSPS) is 11.9. The first-order valence-electron chi connectivity index (χ1n) is 11.4. The zero-order valence-corrected chi connectivity index (χ0v) is 20.5. The number of hydrogen-bond acceptors (Lipinski definition) is 7. The predicted octanol–water partition coefficient (Wildman–Crippen LogP) is 4.67. The van der Waals surface area contributed by atoms with E-state index in [2.05, 4.69) is 4.99 Å². The molecule has 0 fully saturated rings. The Kier molecular flexibility index (Phi) is 6.39. The molecule has 0 aliphatic heterocycles. The number of aromatic nitrogens is 1. The summed E-state index contributed by atoms with van der Waals surface area (Å²) in [5.41, 5.74) is 0.120. The molecule has 0 unspecified atom stereocenters. The fourth-order valence-corrected chi connectivity index (χ4v) is 5.11. The Balaban J connectivity index is 1.66. The first-order chi connectivity index (χ1) is 17.5. The van der Waals surface area contributed by atoms with Gasteiger partial charge in [0, 0.05) is 5.39 Å². The van der Waals surface area contributed by atoms with Gasteiger partial charge in [-0.2, -0.15) is 4.99 Å². The van der Waals surface area contributed by atoms with Gasteiger partial charge in [0.05, 0.1) is 23.4 Å². The minimum absolute atomic E-state index is 0.134. The number of thiazole rings is 1. The number of rotatable bonds is 6. The average molecular weight is 503 g/mol. The van der Waals surface area contributed by atoms with Gasteiger partial charge in [0.2, 0.25) is 0 Å². The van der Waals surface area contributed by atoms with E-state index in [4.69, 9.17) is 13.9 Å². The van der Waals surface area contributed by atoms with Crippen molar-refractivity contribution in [3.05, 3.63) is 81.4 Å². The number of hydrogen-bond donors (Lipinski definition) is 0. The van der Waals surface area contributed by atoms with Crippen LogP contribution in [-0.4, -0.2) is 29.7 Å². The molecule has 0 saturated heterocycles. The highest BCUT2D eigenvalue weighted by Gasteiger charge is 2.17. The van der Waals surface area contributed by atoms with Gasteiger partial charge in [0.15, 0.2) is 4.80 Å². The summed E-state index contributed by atoms with van der Waals surface area (Å²) in [6.45, 7) is 4.21. The fraction of sp³-hybridized carbons (Fsp3) is 0.185. The summed E-state index contributed by atoms with van der Waals surface area (Å²) in [5.74, 6) is -0.557. The fourth-order valence-electron chi connectivity index (χ4n) is 4.05. The standard InChI is InChI=1S/C27H22N2O6S/c1-3-33-17-10-11-21-23(13-17)36-27(29(21)15-24(30)34-4-2)28-25(31)20-14-19-18-8-6-5-7-16(18)9-12-22(19)35-26(20)32/h5-14H,3-4,15H2,1-2H3. The number of benzene rings is 3. The molecule has 2 heterocycles. The van der Waals surface area contributed by atoms with Crippen LogP contribution in [0.15, 0.2) is 74.9 Å². The van der Waals surface area contributed by atoms with Crippen LogP contribution >= 0.6 is 11.3 Å². The van der Waals surface area contributed by atoms with Crippen LogP contribution in [0.2, 0.25) is 0 Å². The van der Waals surface area contributed by atoms with E-state index in [-0.39, 0.29) is 23.5 Å². The van der Waals surface area contributed by atoms with Gasteiger partial charge in [-0.05, 0) is 55.0 Å². The van der Waals surface area contributed by atoms with Gasteiger partial charge in [-0.15, -0.1) is 0 Å². The Morgan fingerprint density at radius 2 is 1.83 bits per heavy atom. The minimum atomic E-state index is -0.775. The molecule has 5 rings (SSSR count). The van der Waals surface area contributed by atoms with Gasteiger partial charge in [-0.25, -0.2) is 4.79 Å². The summed E-state index contributed by atoms with van der Waals surface area (Å²) in [7, 11) is 0. The van der Waals surface area contributed by atoms with Gasteiger partial charge in [0.25, 0.3) is 5.91 Å². The van der Waals surface area contributed by atoms with Crippen LogP contribution in [-0.2, 0) is 16.1 Å². The van der Waals surface area contributed by atoms with Crippen LogP contribution in [0.4, 0.5) is 0 Å². The third kappa shape index (κ3) is 4.40. The van der Waals surface area contributed by atoms with Gasteiger partial charge < -0.3 is 18.5 Å². The Labute approximate surface area is 209 Å². The number of esters is 1. The molecule has 0 spiro atoms. The van der Waals surface area contributed by atoms with E-state index >= 15 is 0 Å². The zero-order chi connectivity index (χ0) is 25.2. The predicted molar refractivity (Wildman–Crippen MR) is 138 cm³/mol. The SMILES string of the molecule is CCOC(=O)Cn1c(=NC(=O)c2cc3c(ccc4ccccc43)oc2=O)sc2cc(OCC)ccc21. The number of nitrogens with zero attached hydrogens (tertiary/aromatic N) is 2. The summed E-state index contributed by atoms with van der Waals surface area (Å²) in [5, 5.41) is 2.45. The first kappa shape index (κ1) is 23.5. The van der Waals surface area contributed by atoms with Crippen molar-refractivity contribution in [3.63, 3.8) is 0 Å². The maximum atomic E-state index is 13.3. The molecule has 0 atom stereocenters. The maximum Gasteiger partial charge on any atom is 0.349 e. The summed E-state index contributed by atoms with van der Waals surface area (Å²) < 4.78 is 18.5. The summed E-state index contributed by atoms with van der Waals surface area (Å²) >= 11 is 1.21. The van der Waals surface area contributed by atoms with Crippen LogP contribution in [0.3, 0.4) is 0 Å². The lowest BCUT2D eigenvalue weighted by Crippen LogP contribution is -2.24. The summed E-state index contributed by atoms with van der Waals surface area (Å²) in [6, 6.07) is 18.1. The van der Waals surface area contributed by atoms with Crippen molar-refractivity contribution in [1.82, 2.24) is 4.57 Å². The second kappa shape index (κ2) is 9.79. The lowest BCUT2D eigenvalue weighted by molar-refractivity contribution is -0.143. The van der Waals surface area contributed by atoms with Crippen LogP contribution < -0.4 is 15.2 Å². The zero-order valence-electron chi connectivity index (χ0n) is 19.6. The van der Waals surface area contributed by atoms with Gasteiger partial charge in [-0.1, -0.05) is 41.7 Å². The van der Waals surface area contributed by atoms with Crippen molar-refractivity contribution in [3.8, 4) is 5.75 Å². The molecule has 1 amide bonds. The molecule has 0 saturated carbocycles. The number of ether oxygens (including phenoxy) is 2. The van der Waals surface area contributed by atoms with Crippen molar-refractivity contribution >= 4 is 55.2 Å². The molecule has 0 bridgehead atoms. The van der Waals surface area contributed by atoms with Crippen LogP contribution in [0.1, 0.15) is 24.2 Å². The second-order valence-corrected chi connectivity index (χ2v) is 8.91. The van der Waals surface area contributed by atoms with E-state index in [9.17, 15) is 14.4 Å².